The van der Waals surface area contributed by atoms with E-state index in [-0.39, 0.29) is 17.1 Å². The van der Waals surface area contributed by atoms with Gasteiger partial charge in [0.2, 0.25) is 0 Å². The number of nitrogens with two attached hydrogens (primary N) is 2. The third kappa shape index (κ3) is 5.41. The number of imidazole rings is 1. The summed E-state index contributed by atoms with van der Waals surface area (Å²) in [4.78, 5) is 38.5. The molecule has 0 atom stereocenters. The van der Waals surface area contributed by atoms with E-state index in [1.54, 1.807) is 6.20 Å². The predicted octanol–water partition coefficient (Wildman–Crippen LogP) is 4.92. The molecule has 10 heteroatoms. The van der Waals surface area contributed by atoms with Crippen LogP contribution in [0.25, 0.3) is 39.5 Å². The first kappa shape index (κ1) is 27.3. The van der Waals surface area contributed by atoms with E-state index in [1.165, 1.54) is 29.7 Å². The highest BCUT2D eigenvalue weighted by Gasteiger charge is 2.20. The zero-order valence-corrected chi connectivity index (χ0v) is 23.0. The van der Waals surface area contributed by atoms with Crippen molar-refractivity contribution in [2.75, 3.05) is 5.73 Å². The minimum atomic E-state index is -0.738. The van der Waals surface area contributed by atoms with Gasteiger partial charge < -0.3 is 16.6 Å². The number of primary amides is 1. The van der Waals surface area contributed by atoms with Crippen molar-refractivity contribution in [1.29, 1.82) is 0 Å². The SMILES string of the molecule is NC(=O)c1ccc(O)c(C=O)n1.Nc1ncccc1-c1nc2ccc(-c3ccccc3)nc2n1-c1ccc2c(c1)CCC2. The van der Waals surface area contributed by atoms with Crippen molar-refractivity contribution in [2.24, 2.45) is 5.73 Å². The Hall–Kier alpha value is -5.90. The van der Waals surface area contributed by atoms with Crippen molar-refractivity contribution >= 4 is 29.2 Å². The predicted molar refractivity (Wildman–Crippen MR) is 164 cm³/mol. The fourth-order valence-electron chi connectivity index (χ4n) is 5.15. The maximum Gasteiger partial charge on any atom is 0.267 e. The fourth-order valence-corrected chi connectivity index (χ4v) is 5.15. The number of aryl methyl sites for hydroxylation is 2. The molecule has 5 N–H and O–H groups in total. The third-order valence-electron chi connectivity index (χ3n) is 7.26. The zero-order valence-electron chi connectivity index (χ0n) is 23.0. The standard InChI is InChI=1S/C26H21N5.C7H6N2O3/c27-24-21(10-5-15-28-24)25-30-23-14-13-22(18-6-2-1-3-7-18)29-26(23)31(25)20-12-11-17-8-4-9-19(17)16-20;8-7(12)4-1-2-6(11)5(3-10)9-4/h1-3,5-7,10-16H,4,8-9H2,(H2,27,28);1-3,11H,(H2,8,12). The molecule has 0 spiro atoms. The number of fused-ring (bicyclic) bond motifs is 2. The quantitative estimate of drug-likeness (QED) is 0.246. The average Bonchev–Trinajstić information content (AvgIpc) is 3.66. The lowest BCUT2D eigenvalue weighted by Gasteiger charge is -2.12. The number of hydrogen-bond donors (Lipinski definition) is 3. The van der Waals surface area contributed by atoms with Crippen LogP contribution in [0.4, 0.5) is 5.82 Å². The molecule has 0 radical (unpaired) electrons. The van der Waals surface area contributed by atoms with Gasteiger partial charge in [0.15, 0.2) is 17.8 Å². The van der Waals surface area contributed by atoms with Gasteiger partial charge in [0, 0.05) is 17.4 Å². The third-order valence-corrected chi connectivity index (χ3v) is 7.26. The summed E-state index contributed by atoms with van der Waals surface area (Å²) in [5.41, 5.74) is 19.3. The first-order valence-electron chi connectivity index (χ1n) is 13.7. The van der Waals surface area contributed by atoms with Crippen molar-refractivity contribution in [3.63, 3.8) is 0 Å². The van der Waals surface area contributed by atoms with Gasteiger partial charge in [0.25, 0.3) is 5.91 Å². The van der Waals surface area contributed by atoms with Crippen molar-refractivity contribution < 1.29 is 14.7 Å². The van der Waals surface area contributed by atoms with E-state index >= 15 is 0 Å². The summed E-state index contributed by atoms with van der Waals surface area (Å²) in [5.74, 6) is 0.216. The van der Waals surface area contributed by atoms with E-state index in [4.69, 9.17) is 26.5 Å². The molecule has 0 saturated carbocycles. The highest BCUT2D eigenvalue weighted by atomic mass is 16.3. The zero-order chi connectivity index (χ0) is 29.9. The molecule has 0 fully saturated rings. The Bertz CT molecular complexity index is 1990. The molecule has 43 heavy (non-hydrogen) atoms. The fraction of sp³-hybridized carbons (Fsp3) is 0.0909. The van der Waals surface area contributed by atoms with Crippen molar-refractivity contribution in [1.82, 2.24) is 24.5 Å². The topological polar surface area (TPSA) is 163 Å². The lowest BCUT2D eigenvalue weighted by atomic mass is 10.1. The van der Waals surface area contributed by atoms with Gasteiger partial charge in [-0.1, -0.05) is 36.4 Å². The Labute approximate surface area is 246 Å². The number of carbonyl (C=O) groups is 2. The van der Waals surface area contributed by atoms with Crippen LogP contribution >= 0.6 is 0 Å². The minimum absolute atomic E-state index is 0.0464. The minimum Gasteiger partial charge on any atom is -0.506 e. The smallest absolute Gasteiger partial charge is 0.267 e. The Balaban J connectivity index is 0.000000232. The van der Waals surface area contributed by atoms with Crippen LogP contribution < -0.4 is 11.5 Å². The van der Waals surface area contributed by atoms with E-state index in [0.29, 0.717) is 12.1 Å². The van der Waals surface area contributed by atoms with Crippen LogP contribution in [0, 0.1) is 0 Å². The molecule has 2 aromatic carbocycles. The second-order valence-electron chi connectivity index (χ2n) is 10.0. The molecule has 0 saturated heterocycles. The summed E-state index contributed by atoms with van der Waals surface area (Å²) < 4.78 is 2.12. The van der Waals surface area contributed by atoms with Crippen LogP contribution in [-0.2, 0) is 12.8 Å². The summed E-state index contributed by atoms with van der Waals surface area (Å²) in [5, 5.41) is 8.97. The molecular weight excluding hydrogens is 542 g/mol. The number of pyridine rings is 3. The van der Waals surface area contributed by atoms with E-state index < -0.39 is 5.91 Å². The van der Waals surface area contributed by atoms with E-state index in [0.717, 1.165) is 52.3 Å². The lowest BCUT2D eigenvalue weighted by molar-refractivity contribution is 0.0995. The van der Waals surface area contributed by atoms with Gasteiger partial charge in [-0.15, -0.1) is 0 Å². The number of nitrogens with zero attached hydrogens (tertiary/aromatic N) is 5. The van der Waals surface area contributed by atoms with Gasteiger partial charge in [0.05, 0.1) is 11.3 Å². The summed E-state index contributed by atoms with van der Waals surface area (Å²) in [7, 11) is 0. The van der Waals surface area contributed by atoms with Crippen molar-refractivity contribution in [2.45, 2.75) is 19.3 Å². The van der Waals surface area contributed by atoms with E-state index in [9.17, 15) is 9.59 Å². The molecule has 1 amide bonds. The molecule has 1 aliphatic carbocycles. The average molecular weight is 570 g/mol. The second kappa shape index (κ2) is 11.5. The Morgan fingerprint density at radius 1 is 0.884 bits per heavy atom. The number of aldehydes is 1. The number of aromatic nitrogens is 5. The number of anilines is 1. The second-order valence-corrected chi connectivity index (χ2v) is 10.0. The molecule has 10 nitrogen and oxygen atoms in total. The summed E-state index contributed by atoms with van der Waals surface area (Å²) in [6.07, 6.45) is 5.53. The largest absolute Gasteiger partial charge is 0.506 e. The molecule has 1 aliphatic rings. The molecule has 0 bridgehead atoms. The van der Waals surface area contributed by atoms with Gasteiger partial charge in [-0.05, 0) is 78.9 Å². The van der Waals surface area contributed by atoms with Crippen LogP contribution in [0.15, 0.2) is 91.1 Å². The number of carbonyl (C=O) groups excluding carboxylic acids is 2. The summed E-state index contributed by atoms with van der Waals surface area (Å²) in [6.45, 7) is 0. The van der Waals surface area contributed by atoms with Gasteiger partial charge in [-0.25, -0.2) is 19.9 Å². The van der Waals surface area contributed by atoms with Crippen LogP contribution in [0.2, 0.25) is 0 Å². The van der Waals surface area contributed by atoms with Gasteiger partial charge in [-0.2, -0.15) is 0 Å². The molecule has 4 aromatic heterocycles. The van der Waals surface area contributed by atoms with E-state index in [2.05, 4.69) is 44.9 Å². The highest BCUT2D eigenvalue weighted by molar-refractivity contribution is 5.92. The number of rotatable bonds is 5. The maximum absolute atomic E-state index is 10.5. The molecule has 7 rings (SSSR count). The molecule has 6 aromatic rings. The van der Waals surface area contributed by atoms with Crippen molar-refractivity contribution in [3.05, 3.63) is 114 Å². The molecule has 0 aliphatic heterocycles. The van der Waals surface area contributed by atoms with Gasteiger partial charge in [-0.3, -0.25) is 14.2 Å². The first-order valence-corrected chi connectivity index (χ1v) is 13.7. The van der Waals surface area contributed by atoms with Crippen LogP contribution in [0.5, 0.6) is 5.75 Å². The summed E-state index contributed by atoms with van der Waals surface area (Å²) >= 11 is 0. The molecular formula is C33H27N7O3. The molecule has 4 heterocycles. The van der Waals surface area contributed by atoms with E-state index in [1.807, 2.05) is 42.5 Å². The van der Waals surface area contributed by atoms with Gasteiger partial charge in [0.1, 0.15) is 28.5 Å². The highest BCUT2D eigenvalue weighted by Crippen LogP contribution is 2.33. The number of amides is 1. The van der Waals surface area contributed by atoms with Gasteiger partial charge >= 0.3 is 0 Å². The monoisotopic (exact) mass is 569 g/mol. The lowest BCUT2D eigenvalue weighted by Crippen LogP contribution is -2.13. The number of nitrogen functional groups attached to an aromatic ring is 1. The molecule has 0 unspecified atom stereocenters. The number of benzene rings is 2. The first-order chi connectivity index (χ1) is 20.9. The van der Waals surface area contributed by atoms with Crippen LogP contribution in [0.1, 0.15) is 38.5 Å². The summed E-state index contributed by atoms with van der Waals surface area (Å²) in [6, 6.07) is 27.2. The maximum atomic E-state index is 10.5. The molecule has 212 valence electrons. The Morgan fingerprint density at radius 2 is 1.70 bits per heavy atom. The van der Waals surface area contributed by atoms with Crippen molar-refractivity contribution in [3.8, 4) is 34.1 Å². The normalized spacial score (nSPS) is 11.9. The van der Waals surface area contributed by atoms with Crippen LogP contribution in [0.3, 0.4) is 0 Å². The van der Waals surface area contributed by atoms with Crippen LogP contribution in [-0.4, -0.2) is 41.8 Å². The number of aromatic hydroxyl groups is 1. The Morgan fingerprint density at radius 3 is 2.47 bits per heavy atom. The Kier molecular flexibility index (Phi) is 7.32. The number of hydrogen-bond acceptors (Lipinski definition) is 8.